The van der Waals surface area contributed by atoms with E-state index in [9.17, 15) is 9.59 Å². The number of amides is 1. The number of likely N-dealkylation sites (tertiary alicyclic amines) is 1. The van der Waals surface area contributed by atoms with Crippen molar-refractivity contribution < 1.29 is 14.3 Å². The Morgan fingerprint density at radius 2 is 1.42 bits per heavy atom. The minimum absolute atomic E-state index is 0.00202. The van der Waals surface area contributed by atoms with Crippen LogP contribution in [0.25, 0.3) is 0 Å². The van der Waals surface area contributed by atoms with Crippen LogP contribution in [-0.4, -0.2) is 36.5 Å². The van der Waals surface area contributed by atoms with Gasteiger partial charge in [0.2, 0.25) is 5.91 Å². The van der Waals surface area contributed by atoms with E-state index in [0.717, 1.165) is 12.8 Å². The summed E-state index contributed by atoms with van der Waals surface area (Å²) in [6.07, 6.45) is 14.2. The average Bonchev–Trinajstić information content (AvgIpc) is 2.65. The maximum Gasteiger partial charge on any atom is 0.309 e. The van der Waals surface area contributed by atoms with Crippen molar-refractivity contribution in [2.75, 3.05) is 19.7 Å². The van der Waals surface area contributed by atoms with Crippen molar-refractivity contribution in [2.45, 2.75) is 90.9 Å². The van der Waals surface area contributed by atoms with Crippen LogP contribution in [0, 0.1) is 5.92 Å². The lowest BCUT2D eigenvalue weighted by Gasteiger charge is -2.31. The Bertz CT molecular complexity index is 425. The lowest BCUT2D eigenvalue weighted by molar-refractivity contribution is -0.151. The first kappa shape index (κ1) is 22.7. The van der Waals surface area contributed by atoms with E-state index >= 15 is 0 Å². The van der Waals surface area contributed by atoms with E-state index in [1.807, 2.05) is 0 Å². The molecule has 4 heteroatoms. The zero-order valence-electron chi connectivity index (χ0n) is 17.1. The molecule has 1 heterocycles. The van der Waals surface area contributed by atoms with E-state index in [1.165, 1.54) is 51.4 Å². The summed E-state index contributed by atoms with van der Waals surface area (Å²) in [6.45, 7) is 9.48. The summed E-state index contributed by atoms with van der Waals surface area (Å²) in [5.41, 5.74) is 0.562. The second kappa shape index (κ2) is 13.8. The van der Waals surface area contributed by atoms with Gasteiger partial charge in [-0.2, -0.15) is 0 Å². The van der Waals surface area contributed by atoms with Crippen LogP contribution in [0.3, 0.4) is 0 Å². The molecule has 0 N–H and O–H groups in total. The third kappa shape index (κ3) is 9.40. The second-order valence-electron chi connectivity index (χ2n) is 7.70. The minimum atomic E-state index is -0.0802. The molecule has 150 valence electrons. The average molecular weight is 366 g/mol. The summed E-state index contributed by atoms with van der Waals surface area (Å²) in [5, 5.41) is 0. The fourth-order valence-electron chi connectivity index (χ4n) is 3.47. The molecule has 0 spiro atoms. The van der Waals surface area contributed by atoms with Crippen molar-refractivity contribution in [3.63, 3.8) is 0 Å². The molecule has 0 unspecified atom stereocenters. The topological polar surface area (TPSA) is 46.6 Å². The number of nitrogens with zero attached hydrogens (tertiary/aromatic N) is 1. The normalized spacial score (nSPS) is 15.1. The highest BCUT2D eigenvalue weighted by Crippen LogP contribution is 2.20. The molecule has 1 aliphatic heterocycles. The van der Waals surface area contributed by atoms with Gasteiger partial charge < -0.3 is 9.64 Å². The van der Waals surface area contributed by atoms with Crippen LogP contribution in [0.15, 0.2) is 12.2 Å². The second-order valence-corrected chi connectivity index (χ2v) is 7.70. The van der Waals surface area contributed by atoms with Crippen molar-refractivity contribution in [3.8, 4) is 0 Å². The van der Waals surface area contributed by atoms with Crippen LogP contribution in [0.2, 0.25) is 0 Å². The summed E-state index contributed by atoms with van der Waals surface area (Å²) in [5.74, 6) is -0.127. The molecular weight excluding hydrogens is 326 g/mol. The molecule has 0 aliphatic carbocycles. The predicted molar refractivity (Wildman–Crippen MR) is 107 cm³/mol. The molecule has 1 fully saturated rings. The lowest BCUT2D eigenvalue weighted by Crippen LogP contribution is -2.40. The molecule has 1 aliphatic rings. The number of hydrogen-bond donors (Lipinski definition) is 0. The molecule has 0 radical (unpaired) electrons. The van der Waals surface area contributed by atoms with Gasteiger partial charge in [-0.15, -0.1) is 0 Å². The van der Waals surface area contributed by atoms with Crippen molar-refractivity contribution >= 4 is 11.9 Å². The van der Waals surface area contributed by atoms with Crippen LogP contribution < -0.4 is 0 Å². The standard InChI is InChI=1S/C22H39NO3/c1-4-5-6-7-8-9-10-11-12-13-18-26-22(25)20-14-16-23(17-15-20)21(24)19(2)3/h20H,2,4-18H2,1,3H3. The Kier molecular flexibility index (Phi) is 12.1. The number of ether oxygens (including phenoxy) is 1. The van der Waals surface area contributed by atoms with Crippen molar-refractivity contribution in [1.29, 1.82) is 0 Å². The molecule has 1 rings (SSSR count). The van der Waals surface area contributed by atoms with Gasteiger partial charge in [0, 0.05) is 18.7 Å². The molecule has 0 atom stereocenters. The Hall–Kier alpha value is -1.32. The summed E-state index contributed by atoms with van der Waals surface area (Å²) in [7, 11) is 0. The fourth-order valence-corrected chi connectivity index (χ4v) is 3.47. The van der Waals surface area contributed by atoms with Crippen LogP contribution in [-0.2, 0) is 14.3 Å². The SMILES string of the molecule is C=C(C)C(=O)N1CCC(C(=O)OCCCCCCCCCCCC)CC1. The quantitative estimate of drug-likeness (QED) is 0.254. The predicted octanol–water partition coefficient (Wildman–Crippen LogP) is 5.27. The van der Waals surface area contributed by atoms with Gasteiger partial charge in [0.15, 0.2) is 0 Å². The lowest BCUT2D eigenvalue weighted by atomic mass is 9.96. The molecule has 4 nitrogen and oxygen atoms in total. The van der Waals surface area contributed by atoms with E-state index in [2.05, 4.69) is 13.5 Å². The summed E-state index contributed by atoms with van der Waals surface area (Å²) in [6, 6.07) is 0. The van der Waals surface area contributed by atoms with Crippen molar-refractivity contribution in [2.24, 2.45) is 5.92 Å². The zero-order valence-corrected chi connectivity index (χ0v) is 17.1. The first-order chi connectivity index (χ1) is 12.6. The molecular formula is C22H39NO3. The van der Waals surface area contributed by atoms with E-state index in [1.54, 1.807) is 11.8 Å². The highest BCUT2D eigenvalue weighted by molar-refractivity contribution is 5.92. The smallest absolute Gasteiger partial charge is 0.309 e. The number of piperidine rings is 1. The third-order valence-electron chi connectivity index (χ3n) is 5.22. The van der Waals surface area contributed by atoms with Crippen LogP contribution in [0.4, 0.5) is 0 Å². The highest BCUT2D eigenvalue weighted by Gasteiger charge is 2.28. The summed E-state index contributed by atoms with van der Waals surface area (Å²) in [4.78, 5) is 25.8. The molecule has 1 saturated heterocycles. The van der Waals surface area contributed by atoms with E-state index in [0.29, 0.717) is 38.1 Å². The van der Waals surface area contributed by atoms with Gasteiger partial charge in [-0.05, 0) is 26.2 Å². The molecule has 0 aromatic rings. The van der Waals surface area contributed by atoms with Crippen molar-refractivity contribution in [1.82, 2.24) is 4.90 Å². The molecule has 0 aromatic carbocycles. The number of carbonyl (C=O) groups is 2. The highest BCUT2D eigenvalue weighted by atomic mass is 16.5. The summed E-state index contributed by atoms with van der Waals surface area (Å²) < 4.78 is 5.44. The van der Waals surface area contributed by atoms with Gasteiger partial charge in [-0.3, -0.25) is 9.59 Å². The van der Waals surface area contributed by atoms with Crippen LogP contribution in [0.5, 0.6) is 0 Å². The van der Waals surface area contributed by atoms with Gasteiger partial charge in [0.25, 0.3) is 0 Å². The molecule has 26 heavy (non-hydrogen) atoms. The largest absolute Gasteiger partial charge is 0.465 e. The molecule has 1 amide bonds. The Labute approximate surface area is 160 Å². The first-order valence-electron chi connectivity index (χ1n) is 10.7. The van der Waals surface area contributed by atoms with Crippen molar-refractivity contribution in [3.05, 3.63) is 12.2 Å². The van der Waals surface area contributed by atoms with E-state index < -0.39 is 0 Å². The number of rotatable bonds is 13. The van der Waals surface area contributed by atoms with E-state index in [4.69, 9.17) is 4.74 Å². The third-order valence-corrected chi connectivity index (χ3v) is 5.22. The maximum atomic E-state index is 12.1. The maximum absolute atomic E-state index is 12.1. The molecule has 0 bridgehead atoms. The number of hydrogen-bond acceptors (Lipinski definition) is 3. The number of unbranched alkanes of at least 4 members (excludes halogenated alkanes) is 9. The van der Waals surface area contributed by atoms with Crippen LogP contribution in [0.1, 0.15) is 90.9 Å². The van der Waals surface area contributed by atoms with Gasteiger partial charge in [0.05, 0.1) is 12.5 Å². The first-order valence-corrected chi connectivity index (χ1v) is 10.7. The van der Waals surface area contributed by atoms with Gasteiger partial charge >= 0.3 is 5.97 Å². The monoisotopic (exact) mass is 365 g/mol. The zero-order chi connectivity index (χ0) is 19.2. The Balaban J connectivity index is 1.98. The Morgan fingerprint density at radius 3 is 1.92 bits per heavy atom. The summed E-state index contributed by atoms with van der Waals surface area (Å²) >= 11 is 0. The minimum Gasteiger partial charge on any atom is -0.465 e. The van der Waals surface area contributed by atoms with Crippen LogP contribution >= 0.6 is 0 Å². The fraction of sp³-hybridized carbons (Fsp3) is 0.818. The number of carbonyl (C=O) groups excluding carboxylic acids is 2. The Morgan fingerprint density at radius 1 is 0.923 bits per heavy atom. The van der Waals surface area contributed by atoms with Gasteiger partial charge in [-0.25, -0.2) is 0 Å². The van der Waals surface area contributed by atoms with E-state index in [-0.39, 0.29) is 17.8 Å². The molecule has 0 saturated carbocycles. The van der Waals surface area contributed by atoms with Gasteiger partial charge in [0.1, 0.15) is 0 Å². The number of esters is 1. The molecule has 0 aromatic heterocycles. The van der Waals surface area contributed by atoms with Gasteiger partial charge in [-0.1, -0.05) is 71.3 Å².